The van der Waals surface area contributed by atoms with Gasteiger partial charge in [-0.3, -0.25) is 0 Å². The average molecular weight is 281 g/mol. The number of ether oxygens (including phenoxy) is 1. The molecule has 1 N–H and O–H groups in total. The van der Waals surface area contributed by atoms with Crippen molar-refractivity contribution in [1.29, 1.82) is 0 Å². The smallest absolute Gasteiger partial charge is 0.0618 e. The van der Waals surface area contributed by atoms with E-state index < -0.39 is 0 Å². The van der Waals surface area contributed by atoms with Crippen LogP contribution in [-0.4, -0.2) is 19.8 Å². The number of hydrogen-bond donors (Lipinski definition) is 1. The summed E-state index contributed by atoms with van der Waals surface area (Å²) in [4.78, 5) is 3.12. The van der Waals surface area contributed by atoms with Crippen LogP contribution in [0, 0.1) is 5.92 Å². The molecule has 19 heavy (non-hydrogen) atoms. The van der Waals surface area contributed by atoms with E-state index in [1.807, 2.05) is 11.3 Å². The van der Waals surface area contributed by atoms with Crippen LogP contribution >= 0.6 is 11.3 Å². The Morgan fingerprint density at radius 3 is 2.63 bits per heavy atom. The Morgan fingerprint density at radius 2 is 2.00 bits per heavy atom. The van der Waals surface area contributed by atoms with Gasteiger partial charge in [0, 0.05) is 28.9 Å². The van der Waals surface area contributed by atoms with Gasteiger partial charge in [0.05, 0.1) is 6.61 Å². The maximum atomic E-state index is 5.32. The number of fused-ring (bicyclic) bond motifs is 1. The van der Waals surface area contributed by atoms with Gasteiger partial charge in [-0.15, -0.1) is 11.3 Å². The van der Waals surface area contributed by atoms with E-state index in [0.29, 0.717) is 18.0 Å². The Kier molecular flexibility index (Phi) is 5.43. The quantitative estimate of drug-likeness (QED) is 0.852. The molecular formula is C16H27NOS. The van der Waals surface area contributed by atoms with Crippen molar-refractivity contribution in [1.82, 2.24) is 5.32 Å². The van der Waals surface area contributed by atoms with Crippen LogP contribution in [0.15, 0.2) is 6.07 Å². The van der Waals surface area contributed by atoms with E-state index in [4.69, 9.17) is 4.74 Å². The molecule has 0 bridgehead atoms. The SMILES string of the molecule is COCC(NC(C)c1cc2c(s1)CCCC2)C(C)C. The zero-order valence-electron chi connectivity index (χ0n) is 12.7. The van der Waals surface area contributed by atoms with Crippen LogP contribution in [0.2, 0.25) is 0 Å². The summed E-state index contributed by atoms with van der Waals surface area (Å²) in [5.41, 5.74) is 1.60. The van der Waals surface area contributed by atoms with Crippen LogP contribution in [0.4, 0.5) is 0 Å². The maximum absolute atomic E-state index is 5.32. The first-order valence-electron chi connectivity index (χ1n) is 7.48. The van der Waals surface area contributed by atoms with Gasteiger partial charge < -0.3 is 10.1 Å². The molecule has 0 saturated carbocycles. The second kappa shape index (κ2) is 6.87. The molecule has 1 heterocycles. The molecule has 0 saturated heterocycles. The van der Waals surface area contributed by atoms with Crippen molar-refractivity contribution in [2.24, 2.45) is 5.92 Å². The zero-order valence-corrected chi connectivity index (χ0v) is 13.5. The highest BCUT2D eigenvalue weighted by Gasteiger charge is 2.20. The Labute approximate surface area is 121 Å². The highest BCUT2D eigenvalue weighted by atomic mass is 32.1. The fraction of sp³-hybridized carbons (Fsp3) is 0.750. The minimum absolute atomic E-state index is 0.429. The lowest BCUT2D eigenvalue weighted by atomic mass is 9.98. The molecule has 0 amide bonds. The zero-order chi connectivity index (χ0) is 13.8. The number of rotatable bonds is 6. The fourth-order valence-corrected chi connectivity index (χ4v) is 4.01. The second-order valence-electron chi connectivity index (χ2n) is 6.00. The van der Waals surface area contributed by atoms with Gasteiger partial charge in [-0.25, -0.2) is 0 Å². The highest BCUT2D eigenvalue weighted by molar-refractivity contribution is 7.12. The summed E-state index contributed by atoms with van der Waals surface area (Å²) in [7, 11) is 1.78. The largest absolute Gasteiger partial charge is 0.383 e. The summed E-state index contributed by atoms with van der Waals surface area (Å²) < 4.78 is 5.32. The lowest BCUT2D eigenvalue weighted by Gasteiger charge is -2.25. The third-order valence-corrected chi connectivity index (χ3v) is 5.48. The third-order valence-electron chi connectivity index (χ3n) is 4.06. The van der Waals surface area contributed by atoms with Gasteiger partial charge in [-0.05, 0) is 50.2 Å². The Hall–Kier alpha value is -0.380. The second-order valence-corrected chi connectivity index (χ2v) is 7.17. The molecule has 3 heteroatoms. The van der Waals surface area contributed by atoms with E-state index in [-0.39, 0.29) is 0 Å². The molecule has 1 aromatic rings. The van der Waals surface area contributed by atoms with Gasteiger partial charge in [-0.2, -0.15) is 0 Å². The first-order valence-corrected chi connectivity index (χ1v) is 8.30. The molecule has 2 rings (SSSR count). The summed E-state index contributed by atoms with van der Waals surface area (Å²) in [5.74, 6) is 0.594. The van der Waals surface area contributed by atoms with Gasteiger partial charge in [-0.1, -0.05) is 13.8 Å². The minimum Gasteiger partial charge on any atom is -0.383 e. The average Bonchev–Trinajstić information content (AvgIpc) is 2.81. The van der Waals surface area contributed by atoms with Crippen molar-refractivity contribution >= 4 is 11.3 Å². The normalized spacial score (nSPS) is 18.4. The van der Waals surface area contributed by atoms with Gasteiger partial charge in [0.15, 0.2) is 0 Å². The van der Waals surface area contributed by atoms with Gasteiger partial charge in [0.25, 0.3) is 0 Å². The number of thiophene rings is 1. The maximum Gasteiger partial charge on any atom is 0.0618 e. The van der Waals surface area contributed by atoms with E-state index in [2.05, 4.69) is 32.2 Å². The molecule has 2 unspecified atom stereocenters. The number of nitrogens with one attached hydrogen (secondary N) is 1. The molecular weight excluding hydrogens is 254 g/mol. The Morgan fingerprint density at radius 1 is 1.26 bits per heavy atom. The van der Waals surface area contributed by atoms with E-state index >= 15 is 0 Å². The summed E-state index contributed by atoms with van der Waals surface area (Å²) in [6, 6.07) is 3.29. The first-order chi connectivity index (χ1) is 9.11. The van der Waals surface area contributed by atoms with Crippen molar-refractivity contribution in [3.05, 3.63) is 21.4 Å². The molecule has 1 aliphatic carbocycles. The summed E-state index contributed by atoms with van der Waals surface area (Å²) in [5, 5.41) is 3.73. The summed E-state index contributed by atoms with van der Waals surface area (Å²) in [6.45, 7) is 7.57. The molecule has 1 aliphatic rings. The number of methoxy groups -OCH3 is 1. The summed E-state index contributed by atoms with van der Waals surface area (Å²) in [6.07, 6.45) is 5.30. The molecule has 0 aromatic carbocycles. The predicted molar refractivity (Wildman–Crippen MR) is 83.0 cm³/mol. The molecule has 108 valence electrons. The number of aryl methyl sites for hydroxylation is 2. The van der Waals surface area contributed by atoms with Gasteiger partial charge in [0.1, 0.15) is 0 Å². The monoisotopic (exact) mass is 281 g/mol. The van der Waals surface area contributed by atoms with E-state index in [0.717, 1.165) is 6.61 Å². The number of hydrogen-bond acceptors (Lipinski definition) is 3. The molecule has 0 aliphatic heterocycles. The highest BCUT2D eigenvalue weighted by Crippen LogP contribution is 2.33. The van der Waals surface area contributed by atoms with Crippen LogP contribution in [0.3, 0.4) is 0 Å². The van der Waals surface area contributed by atoms with Crippen LogP contribution < -0.4 is 5.32 Å². The topological polar surface area (TPSA) is 21.3 Å². The van der Waals surface area contributed by atoms with E-state index in [9.17, 15) is 0 Å². The van der Waals surface area contributed by atoms with Crippen molar-refractivity contribution in [3.63, 3.8) is 0 Å². The van der Waals surface area contributed by atoms with Crippen LogP contribution in [0.5, 0.6) is 0 Å². The molecule has 0 spiro atoms. The standard InChI is InChI=1S/C16H27NOS/c1-11(2)14(10-18-4)17-12(3)16-9-13-7-5-6-8-15(13)19-16/h9,11-12,14,17H,5-8,10H2,1-4H3. The van der Waals surface area contributed by atoms with Crippen LogP contribution in [0.25, 0.3) is 0 Å². The molecule has 2 nitrogen and oxygen atoms in total. The minimum atomic E-state index is 0.429. The first kappa shape index (κ1) is 15.0. The lowest BCUT2D eigenvalue weighted by molar-refractivity contribution is 0.142. The van der Waals surface area contributed by atoms with E-state index in [1.54, 1.807) is 17.6 Å². The summed E-state index contributed by atoms with van der Waals surface area (Å²) >= 11 is 2.01. The molecule has 0 fully saturated rings. The fourth-order valence-electron chi connectivity index (χ4n) is 2.74. The molecule has 1 aromatic heterocycles. The van der Waals surface area contributed by atoms with Crippen molar-refractivity contribution in [2.75, 3.05) is 13.7 Å². The Bertz CT molecular complexity index is 376. The van der Waals surface area contributed by atoms with Crippen LogP contribution in [0.1, 0.15) is 55.0 Å². The van der Waals surface area contributed by atoms with Crippen molar-refractivity contribution < 1.29 is 4.74 Å². The van der Waals surface area contributed by atoms with Gasteiger partial charge in [0.2, 0.25) is 0 Å². The van der Waals surface area contributed by atoms with Crippen LogP contribution in [-0.2, 0) is 17.6 Å². The van der Waals surface area contributed by atoms with Gasteiger partial charge >= 0.3 is 0 Å². The Balaban J connectivity index is 2.02. The van der Waals surface area contributed by atoms with Crippen molar-refractivity contribution in [2.45, 2.75) is 58.5 Å². The lowest BCUT2D eigenvalue weighted by Crippen LogP contribution is -2.39. The molecule has 0 radical (unpaired) electrons. The predicted octanol–water partition coefficient (Wildman–Crippen LogP) is 3.95. The molecule has 2 atom stereocenters. The third kappa shape index (κ3) is 3.80. The van der Waals surface area contributed by atoms with Crippen molar-refractivity contribution in [3.8, 4) is 0 Å². The van der Waals surface area contributed by atoms with E-state index in [1.165, 1.54) is 30.6 Å².